The molecule has 0 atom stereocenters. The van der Waals surface area contributed by atoms with Gasteiger partial charge in [0.1, 0.15) is 0 Å². The molecule has 0 aliphatic carbocycles. The molecular formula is C15H12BrN3O. The predicted molar refractivity (Wildman–Crippen MR) is 82.0 cm³/mol. The first-order valence-electron chi connectivity index (χ1n) is 6.09. The van der Waals surface area contributed by atoms with E-state index in [1.807, 2.05) is 49.4 Å². The summed E-state index contributed by atoms with van der Waals surface area (Å²) in [6.45, 7) is 2.03. The fourth-order valence-corrected chi connectivity index (χ4v) is 2.19. The molecule has 0 fully saturated rings. The molecule has 0 radical (unpaired) electrons. The lowest BCUT2D eigenvalue weighted by atomic mass is 10.1. The average Bonchev–Trinajstić information content (AvgIpc) is 2.92. The Morgan fingerprint density at radius 2 is 1.75 bits per heavy atom. The average molecular weight is 330 g/mol. The van der Waals surface area contributed by atoms with Crippen LogP contribution in [0.2, 0.25) is 0 Å². The van der Waals surface area contributed by atoms with E-state index in [0.29, 0.717) is 17.4 Å². The van der Waals surface area contributed by atoms with Gasteiger partial charge in [-0.15, -0.1) is 0 Å². The summed E-state index contributed by atoms with van der Waals surface area (Å²) >= 11 is 3.50. The van der Waals surface area contributed by atoms with Crippen molar-refractivity contribution in [2.75, 3.05) is 5.73 Å². The highest BCUT2D eigenvalue weighted by atomic mass is 79.9. The van der Waals surface area contributed by atoms with Crippen LogP contribution in [0.5, 0.6) is 0 Å². The Labute approximate surface area is 124 Å². The largest absolute Gasteiger partial charge is 0.399 e. The molecule has 0 spiro atoms. The molecule has 5 heteroatoms. The first-order valence-corrected chi connectivity index (χ1v) is 6.89. The Hall–Kier alpha value is -2.14. The highest BCUT2D eigenvalue weighted by molar-refractivity contribution is 9.10. The van der Waals surface area contributed by atoms with Crippen molar-refractivity contribution >= 4 is 21.6 Å². The molecule has 3 aromatic rings. The van der Waals surface area contributed by atoms with Crippen LogP contribution in [-0.4, -0.2) is 10.1 Å². The summed E-state index contributed by atoms with van der Waals surface area (Å²) in [5.74, 6) is 1.05. The molecule has 0 saturated heterocycles. The molecule has 2 aromatic carbocycles. The zero-order valence-electron chi connectivity index (χ0n) is 10.8. The van der Waals surface area contributed by atoms with Gasteiger partial charge in [-0.2, -0.15) is 4.98 Å². The lowest BCUT2D eigenvalue weighted by molar-refractivity contribution is 0.432. The van der Waals surface area contributed by atoms with Crippen molar-refractivity contribution in [3.05, 3.63) is 52.5 Å². The molecular weight excluding hydrogens is 318 g/mol. The number of anilines is 1. The van der Waals surface area contributed by atoms with Crippen LogP contribution in [0.15, 0.2) is 51.5 Å². The minimum Gasteiger partial charge on any atom is -0.399 e. The van der Waals surface area contributed by atoms with Gasteiger partial charge in [0, 0.05) is 21.3 Å². The molecule has 0 amide bonds. The number of hydrogen-bond donors (Lipinski definition) is 1. The maximum atomic E-state index is 5.66. The van der Waals surface area contributed by atoms with Gasteiger partial charge in [-0.1, -0.05) is 27.2 Å². The van der Waals surface area contributed by atoms with E-state index in [0.717, 1.165) is 21.2 Å². The van der Waals surface area contributed by atoms with Crippen LogP contribution in [0.4, 0.5) is 5.69 Å². The fourth-order valence-electron chi connectivity index (χ4n) is 1.82. The van der Waals surface area contributed by atoms with Crippen LogP contribution in [0.1, 0.15) is 5.56 Å². The SMILES string of the molecule is Cc1ccc(-c2nc(-c3ccc(N)cc3)no2)cc1Br. The molecule has 0 bridgehead atoms. The van der Waals surface area contributed by atoms with E-state index < -0.39 is 0 Å². The summed E-state index contributed by atoms with van der Waals surface area (Å²) in [5, 5.41) is 4.00. The highest BCUT2D eigenvalue weighted by Gasteiger charge is 2.11. The van der Waals surface area contributed by atoms with Gasteiger partial charge in [0.15, 0.2) is 0 Å². The molecule has 0 aliphatic rings. The zero-order valence-corrected chi connectivity index (χ0v) is 12.4. The number of hydrogen-bond acceptors (Lipinski definition) is 4. The Morgan fingerprint density at radius 3 is 2.45 bits per heavy atom. The van der Waals surface area contributed by atoms with Crippen molar-refractivity contribution in [2.45, 2.75) is 6.92 Å². The first-order chi connectivity index (χ1) is 9.63. The van der Waals surface area contributed by atoms with Crippen LogP contribution in [0.3, 0.4) is 0 Å². The Balaban J connectivity index is 1.97. The summed E-state index contributed by atoms with van der Waals surface area (Å²) in [6, 6.07) is 13.3. The first kappa shape index (κ1) is 12.9. The number of aromatic nitrogens is 2. The second-order valence-electron chi connectivity index (χ2n) is 4.51. The topological polar surface area (TPSA) is 64.9 Å². The van der Waals surface area contributed by atoms with Crippen LogP contribution in [-0.2, 0) is 0 Å². The Kier molecular flexibility index (Phi) is 3.28. The minimum absolute atomic E-state index is 0.498. The van der Waals surface area contributed by atoms with E-state index in [1.54, 1.807) is 0 Å². The highest BCUT2D eigenvalue weighted by Crippen LogP contribution is 2.26. The van der Waals surface area contributed by atoms with Crippen molar-refractivity contribution in [2.24, 2.45) is 0 Å². The number of nitrogen functional groups attached to an aromatic ring is 1. The third-order valence-electron chi connectivity index (χ3n) is 3.01. The monoisotopic (exact) mass is 329 g/mol. The molecule has 20 heavy (non-hydrogen) atoms. The third-order valence-corrected chi connectivity index (χ3v) is 3.87. The maximum absolute atomic E-state index is 5.66. The van der Waals surface area contributed by atoms with Gasteiger partial charge in [0.05, 0.1) is 0 Å². The number of benzene rings is 2. The van der Waals surface area contributed by atoms with Crippen LogP contribution >= 0.6 is 15.9 Å². The smallest absolute Gasteiger partial charge is 0.258 e. The summed E-state index contributed by atoms with van der Waals surface area (Å²) in [6.07, 6.45) is 0. The van der Waals surface area contributed by atoms with Crippen molar-refractivity contribution in [1.82, 2.24) is 10.1 Å². The number of nitrogens with two attached hydrogens (primary N) is 1. The number of halogens is 1. The lowest BCUT2D eigenvalue weighted by Crippen LogP contribution is -1.85. The molecule has 4 nitrogen and oxygen atoms in total. The van der Waals surface area contributed by atoms with E-state index in [2.05, 4.69) is 26.1 Å². The van der Waals surface area contributed by atoms with E-state index in [-0.39, 0.29) is 0 Å². The molecule has 2 N–H and O–H groups in total. The predicted octanol–water partition coefficient (Wildman–Crippen LogP) is 4.06. The molecule has 0 saturated carbocycles. The number of aryl methyl sites for hydroxylation is 1. The summed E-state index contributed by atoms with van der Waals surface area (Å²) < 4.78 is 6.33. The zero-order chi connectivity index (χ0) is 14.1. The van der Waals surface area contributed by atoms with Gasteiger partial charge in [0.2, 0.25) is 5.82 Å². The van der Waals surface area contributed by atoms with Crippen molar-refractivity contribution < 1.29 is 4.52 Å². The van der Waals surface area contributed by atoms with Gasteiger partial charge < -0.3 is 10.3 Å². The minimum atomic E-state index is 0.498. The maximum Gasteiger partial charge on any atom is 0.258 e. The summed E-state index contributed by atoms with van der Waals surface area (Å²) in [5.41, 5.74) is 9.29. The van der Waals surface area contributed by atoms with Gasteiger partial charge >= 0.3 is 0 Å². The second kappa shape index (κ2) is 5.09. The third kappa shape index (κ3) is 2.44. The second-order valence-corrected chi connectivity index (χ2v) is 5.36. The molecule has 1 heterocycles. The van der Waals surface area contributed by atoms with Crippen LogP contribution in [0, 0.1) is 6.92 Å². The molecule has 0 aliphatic heterocycles. The van der Waals surface area contributed by atoms with Gasteiger partial charge in [-0.25, -0.2) is 0 Å². The molecule has 0 unspecified atom stereocenters. The van der Waals surface area contributed by atoms with Crippen LogP contribution in [0.25, 0.3) is 22.8 Å². The van der Waals surface area contributed by atoms with Crippen LogP contribution < -0.4 is 5.73 Å². The van der Waals surface area contributed by atoms with Crippen molar-refractivity contribution in [1.29, 1.82) is 0 Å². The van der Waals surface area contributed by atoms with E-state index in [9.17, 15) is 0 Å². The standard InChI is InChI=1S/C15H12BrN3O/c1-9-2-3-11(8-13(9)16)15-18-14(19-20-15)10-4-6-12(17)7-5-10/h2-8H,17H2,1H3. The quantitative estimate of drug-likeness (QED) is 0.720. The fraction of sp³-hybridized carbons (Fsp3) is 0.0667. The lowest BCUT2D eigenvalue weighted by Gasteiger charge is -1.99. The van der Waals surface area contributed by atoms with Gasteiger partial charge in [0.25, 0.3) is 5.89 Å². The number of nitrogens with zero attached hydrogens (tertiary/aromatic N) is 2. The summed E-state index contributed by atoms with van der Waals surface area (Å²) in [7, 11) is 0. The molecule has 100 valence electrons. The van der Waals surface area contributed by atoms with Crippen molar-refractivity contribution in [3.8, 4) is 22.8 Å². The number of rotatable bonds is 2. The van der Waals surface area contributed by atoms with Crippen molar-refractivity contribution in [3.63, 3.8) is 0 Å². The Bertz CT molecular complexity index is 750. The Morgan fingerprint density at radius 1 is 1.05 bits per heavy atom. The van der Waals surface area contributed by atoms with Gasteiger partial charge in [-0.3, -0.25) is 0 Å². The molecule has 1 aromatic heterocycles. The van der Waals surface area contributed by atoms with Gasteiger partial charge in [-0.05, 0) is 48.9 Å². The molecule has 3 rings (SSSR count). The van der Waals surface area contributed by atoms with E-state index in [4.69, 9.17) is 10.3 Å². The summed E-state index contributed by atoms with van der Waals surface area (Å²) in [4.78, 5) is 4.41. The van der Waals surface area contributed by atoms with E-state index >= 15 is 0 Å². The normalized spacial score (nSPS) is 10.7. The van der Waals surface area contributed by atoms with E-state index in [1.165, 1.54) is 0 Å².